The zero-order valence-electron chi connectivity index (χ0n) is 20.8. The first-order chi connectivity index (χ1) is 17.0. The fourth-order valence-corrected chi connectivity index (χ4v) is 5.08. The summed E-state index contributed by atoms with van der Waals surface area (Å²) in [4.78, 5) is 36.2. The number of anilines is 1. The van der Waals surface area contributed by atoms with E-state index in [9.17, 15) is 9.59 Å². The van der Waals surface area contributed by atoms with Crippen LogP contribution in [0.3, 0.4) is 0 Å². The summed E-state index contributed by atoms with van der Waals surface area (Å²) >= 11 is 0. The Balaban J connectivity index is 1.72. The lowest BCUT2D eigenvalue weighted by Crippen LogP contribution is -2.25. The fraction of sp³-hybridized carbons (Fsp3) is 0.333. The summed E-state index contributed by atoms with van der Waals surface area (Å²) in [6.07, 6.45) is 5.39. The first kappa shape index (κ1) is 23.2. The van der Waals surface area contributed by atoms with Gasteiger partial charge in [0.15, 0.2) is 10.9 Å². The van der Waals surface area contributed by atoms with E-state index in [1.165, 1.54) is 0 Å². The molecule has 5 heteroatoms. The Labute approximate surface area is 204 Å². The van der Waals surface area contributed by atoms with E-state index >= 15 is 0 Å². The molecule has 0 saturated heterocycles. The number of pyridine rings is 2. The van der Waals surface area contributed by atoms with E-state index in [4.69, 9.17) is 0 Å². The zero-order chi connectivity index (χ0) is 24.5. The fourth-order valence-electron chi connectivity index (χ4n) is 5.08. The lowest BCUT2D eigenvalue weighted by Gasteiger charge is -2.25. The molecule has 0 saturated carbocycles. The van der Waals surface area contributed by atoms with Crippen molar-refractivity contribution in [3.63, 3.8) is 0 Å². The highest BCUT2D eigenvalue weighted by Gasteiger charge is 2.14. The largest absolute Gasteiger partial charge is 0.371 e. The van der Waals surface area contributed by atoms with Gasteiger partial charge in [-0.1, -0.05) is 45.7 Å². The number of para-hydroxylation sites is 1. The van der Waals surface area contributed by atoms with Crippen molar-refractivity contribution in [1.82, 2.24) is 9.97 Å². The third-order valence-electron chi connectivity index (χ3n) is 7.13. The zero-order valence-corrected chi connectivity index (χ0v) is 20.8. The van der Waals surface area contributed by atoms with Crippen LogP contribution < -0.4 is 15.8 Å². The van der Waals surface area contributed by atoms with Crippen molar-refractivity contribution in [1.29, 1.82) is 0 Å². The summed E-state index contributed by atoms with van der Waals surface area (Å²) in [5, 5.41) is 2.54. The highest BCUT2D eigenvalue weighted by atomic mass is 16.1. The molecule has 0 amide bonds. The van der Waals surface area contributed by atoms with Gasteiger partial charge in [-0.3, -0.25) is 9.59 Å². The average molecular weight is 468 g/mol. The molecule has 0 aliphatic heterocycles. The predicted octanol–water partition coefficient (Wildman–Crippen LogP) is 6.65. The van der Waals surface area contributed by atoms with Crippen LogP contribution in [0.5, 0.6) is 0 Å². The summed E-state index contributed by atoms with van der Waals surface area (Å²) in [7, 11) is 0. The molecule has 5 nitrogen and oxygen atoms in total. The second-order valence-electron chi connectivity index (χ2n) is 9.47. The molecule has 5 aromatic rings. The number of aromatic nitrogens is 2. The Bertz CT molecular complexity index is 1650. The molecule has 0 aliphatic rings. The molecule has 180 valence electrons. The van der Waals surface area contributed by atoms with E-state index in [2.05, 4.69) is 47.8 Å². The predicted molar refractivity (Wildman–Crippen MR) is 149 cm³/mol. The van der Waals surface area contributed by atoms with Gasteiger partial charge in [-0.05, 0) is 61.2 Å². The number of fused-ring (bicyclic) bond motifs is 4. The number of hydrogen-bond acceptors (Lipinski definition) is 3. The number of unbranched alkanes of at least 4 members (excludes halogenated alkanes) is 2. The van der Waals surface area contributed by atoms with Crippen molar-refractivity contribution >= 4 is 49.3 Å². The van der Waals surface area contributed by atoms with Crippen LogP contribution in [0.15, 0.2) is 58.1 Å². The Kier molecular flexibility index (Phi) is 6.33. The summed E-state index contributed by atoms with van der Waals surface area (Å²) in [6.45, 7) is 8.51. The van der Waals surface area contributed by atoms with E-state index in [1.54, 1.807) is 0 Å². The minimum Gasteiger partial charge on any atom is -0.371 e. The lowest BCUT2D eigenvalue weighted by molar-refractivity contribution is 0.678. The maximum Gasteiger partial charge on any atom is 0.197 e. The molecule has 0 spiro atoms. The smallest absolute Gasteiger partial charge is 0.197 e. The molecule has 3 aromatic carbocycles. The first-order valence-corrected chi connectivity index (χ1v) is 12.9. The molecule has 0 unspecified atom stereocenters. The molecule has 35 heavy (non-hydrogen) atoms. The molecule has 2 aromatic heterocycles. The van der Waals surface area contributed by atoms with Crippen molar-refractivity contribution in [2.75, 3.05) is 18.0 Å². The molecule has 0 aliphatic carbocycles. The number of rotatable bonds is 8. The van der Waals surface area contributed by atoms with Gasteiger partial charge in [-0.2, -0.15) is 0 Å². The highest BCUT2D eigenvalue weighted by molar-refractivity contribution is 6.03. The van der Waals surface area contributed by atoms with E-state index < -0.39 is 0 Å². The van der Waals surface area contributed by atoms with Gasteiger partial charge in [0.25, 0.3) is 0 Å². The van der Waals surface area contributed by atoms with Crippen molar-refractivity contribution in [3.8, 4) is 0 Å². The van der Waals surface area contributed by atoms with Crippen LogP contribution in [-0.2, 0) is 6.42 Å². The quantitative estimate of drug-likeness (QED) is 0.251. The van der Waals surface area contributed by atoms with Crippen LogP contribution >= 0.6 is 0 Å². The SMILES string of the molecule is CCCCN(CCCC)c1ccc2c(=O)c3cc4[nH]c5c(CC)cccc5c(=O)c4cc3[nH]c2c1. The van der Waals surface area contributed by atoms with Gasteiger partial charge in [0.1, 0.15) is 0 Å². The Morgan fingerprint density at radius 1 is 0.686 bits per heavy atom. The number of H-pyrrole nitrogens is 2. The topological polar surface area (TPSA) is 69.0 Å². The number of aryl methyl sites for hydroxylation is 1. The van der Waals surface area contributed by atoms with Crippen molar-refractivity contribution in [2.24, 2.45) is 0 Å². The third kappa shape index (κ3) is 4.09. The minimum absolute atomic E-state index is 0.00838. The standard InChI is InChI=1S/C30H33N3O2/c1-4-7-14-33(15-8-5-2)20-12-13-21-25(16-20)31-26-17-24-27(18-23(26)29(21)34)32-28-19(6-3)10-9-11-22(28)30(24)35/h9-13,16-18H,4-8,14-15H2,1-3H3,(H,31,34)(H,32,35). The van der Waals surface area contributed by atoms with Crippen molar-refractivity contribution < 1.29 is 0 Å². The summed E-state index contributed by atoms with van der Waals surface area (Å²) in [6, 6.07) is 15.6. The van der Waals surface area contributed by atoms with Crippen LogP contribution in [0, 0.1) is 0 Å². The third-order valence-corrected chi connectivity index (χ3v) is 7.13. The normalized spacial score (nSPS) is 11.7. The van der Waals surface area contributed by atoms with Gasteiger partial charge >= 0.3 is 0 Å². The lowest BCUT2D eigenvalue weighted by atomic mass is 10.0. The van der Waals surface area contributed by atoms with Crippen LogP contribution in [0.4, 0.5) is 5.69 Å². The monoisotopic (exact) mass is 467 g/mol. The minimum atomic E-state index is -0.0133. The van der Waals surface area contributed by atoms with Crippen molar-refractivity contribution in [3.05, 3.63) is 74.5 Å². The number of benzene rings is 3. The number of hydrogen-bond donors (Lipinski definition) is 2. The van der Waals surface area contributed by atoms with E-state index in [-0.39, 0.29) is 10.9 Å². The summed E-state index contributed by atoms with van der Waals surface area (Å²) in [5.41, 5.74) is 5.26. The number of nitrogens with one attached hydrogen (secondary N) is 2. The molecule has 0 atom stereocenters. The van der Waals surface area contributed by atoms with Crippen molar-refractivity contribution in [2.45, 2.75) is 52.9 Å². The van der Waals surface area contributed by atoms with Gasteiger partial charge < -0.3 is 14.9 Å². The van der Waals surface area contributed by atoms with Gasteiger partial charge in [0, 0.05) is 40.3 Å². The number of aromatic amines is 2. The molecular formula is C30H33N3O2. The molecule has 0 fully saturated rings. The average Bonchev–Trinajstić information content (AvgIpc) is 2.88. The van der Waals surface area contributed by atoms with Crippen LogP contribution in [-0.4, -0.2) is 23.1 Å². The van der Waals surface area contributed by atoms with Crippen LogP contribution in [0.1, 0.15) is 52.0 Å². The Morgan fingerprint density at radius 2 is 1.31 bits per heavy atom. The molecule has 2 heterocycles. The first-order valence-electron chi connectivity index (χ1n) is 12.9. The molecule has 0 bridgehead atoms. The van der Waals surface area contributed by atoms with Gasteiger partial charge in [0.2, 0.25) is 0 Å². The molecule has 2 N–H and O–H groups in total. The van der Waals surface area contributed by atoms with Gasteiger partial charge in [-0.25, -0.2) is 0 Å². The molecular weight excluding hydrogens is 434 g/mol. The second kappa shape index (κ2) is 9.57. The highest BCUT2D eigenvalue weighted by Crippen LogP contribution is 2.25. The Hall–Kier alpha value is -3.60. The number of nitrogens with zero attached hydrogens (tertiary/aromatic N) is 1. The van der Waals surface area contributed by atoms with Gasteiger partial charge in [0.05, 0.1) is 22.1 Å². The van der Waals surface area contributed by atoms with E-state index in [0.29, 0.717) is 32.6 Å². The summed E-state index contributed by atoms with van der Waals surface area (Å²) < 4.78 is 0. The maximum absolute atomic E-state index is 13.5. The van der Waals surface area contributed by atoms with Gasteiger partial charge in [-0.15, -0.1) is 0 Å². The molecule has 0 radical (unpaired) electrons. The summed E-state index contributed by atoms with van der Waals surface area (Å²) in [5.74, 6) is 0. The van der Waals surface area contributed by atoms with Crippen LogP contribution in [0.25, 0.3) is 43.6 Å². The molecule has 5 rings (SSSR count). The van der Waals surface area contributed by atoms with E-state index in [1.807, 2.05) is 36.4 Å². The van der Waals surface area contributed by atoms with Crippen LogP contribution in [0.2, 0.25) is 0 Å². The van der Waals surface area contributed by atoms with E-state index in [0.717, 1.165) is 67.5 Å². The Morgan fingerprint density at radius 3 is 1.97 bits per heavy atom. The maximum atomic E-state index is 13.5. The second-order valence-corrected chi connectivity index (χ2v) is 9.47.